The molecule has 21 heavy (non-hydrogen) atoms. The van der Waals surface area contributed by atoms with Crippen molar-refractivity contribution >= 4 is 5.78 Å². The van der Waals surface area contributed by atoms with E-state index < -0.39 is 30.1 Å². The van der Waals surface area contributed by atoms with E-state index in [0.29, 0.717) is 25.2 Å². The maximum atomic E-state index is 14.1. The van der Waals surface area contributed by atoms with Gasteiger partial charge in [0.1, 0.15) is 12.0 Å². The fraction of sp³-hybridized carbons (Fsp3) is 0.938. The SMILES string of the molecule is CC1CCC(C(=O)C2CCC(C)C(F)C2C(F)(F)F)CC1. The van der Waals surface area contributed by atoms with Gasteiger partial charge in [-0.15, -0.1) is 0 Å². The van der Waals surface area contributed by atoms with Crippen molar-refractivity contribution in [1.29, 1.82) is 0 Å². The fourth-order valence-corrected chi connectivity index (χ4v) is 3.93. The van der Waals surface area contributed by atoms with Crippen LogP contribution in [0.2, 0.25) is 0 Å². The summed E-state index contributed by atoms with van der Waals surface area (Å²) in [6.07, 6.45) is -2.94. The molecule has 1 nitrogen and oxygen atoms in total. The van der Waals surface area contributed by atoms with Gasteiger partial charge in [0, 0.05) is 11.8 Å². The molecule has 0 aromatic rings. The van der Waals surface area contributed by atoms with Crippen molar-refractivity contribution in [1.82, 2.24) is 0 Å². The van der Waals surface area contributed by atoms with Crippen molar-refractivity contribution in [2.45, 2.75) is 64.7 Å². The maximum absolute atomic E-state index is 14.1. The van der Waals surface area contributed by atoms with Gasteiger partial charge in [0.25, 0.3) is 0 Å². The predicted octanol–water partition coefficient (Wildman–Crippen LogP) is 4.94. The van der Waals surface area contributed by atoms with E-state index in [9.17, 15) is 22.4 Å². The number of ketones is 1. The van der Waals surface area contributed by atoms with Gasteiger partial charge in [-0.1, -0.05) is 26.7 Å². The highest BCUT2D eigenvalue weighted by molar-refractivity contribution is 5.84. The first-order chi connectivity index (χ1) is 9.71. The van der Waals surface area contributed by atoms with Crippen molar-refractivity contribution in [2.75, 3.05) is 0 Å². The molecule has 0 heterocycles. The molecule has 5 heteroatoms. The van der Waals surface area contributed by atoms with Gasteiger partial charge in [-0.25, -0.2) is 4.39 Å². The van der Waals surface area contributed by atoms with Crippen LogP contribution in [0.15, 0.2) is 0 Å². The number of carbonyl (C=O) groups is 1. The number of carbonyl (C=O) groups excluding carboxylic acids is 1. The van der Waals surface area contributed by atoms with Crippen molar-refractivity contribution in [3.8, 4) is 0 Å². The standard InChI is InChI=1S/C16H24F4O/c1-9-3-6-11(7-4-9)15(21)12-8-5-10(2)14(17)13(12)16(18,19)20/h9-14H,3-8H2,1-2H3. The zero-order valence-electron chi connectivity index (χ0n) is 12.6. The van der Waals surface area contributed by atoms with Gasteiger partial charge in [0.2, 0.25) is 0 Å². The number of hydrogen-bond acceptors (Lipinski definition) is 1. The predicted molar refractivity (Wildman–Crippen MR) is 72.5 cm³/mol. The topological polar surface area (TPSA) is 17.1 Å². The Bertz CT molecular complexity index is 371. The molecule has 0 bridgehead atoms. The minimum Gasteiger partial charge on any atom is -0.299 e. The Kier molecular flexibility index (Phi) is 4.99. The third-order valence-electron chi connectivity index (χ3n) is 5.41. The zero-order chi connectivity index (χ0) is 15.8. The minimum absolute atomic E-state index is 0.177. The summed E-state index contributed by atoms with van der Waals surface area (Å²) in [5.74, 6) is -3.99. The summed E-state index contributed by atoms with van der Waals surface area (Å²) in [5, 5.41) is 0. The first-order valence-corrected chi connectivity index (χ1v) is 7.96. The summed E-state index contributed by atoms with van der Waals surface area (Å²) in [7, 11) is 0. The largest absolute Gasteiger partial charge is 0.395 e. The van der Waals surface area contributed by atoms with Crippen LogP contribution >= 0.6 is 0 Å². The molecule has 0 spiro atoms. The second-order valence-corrected chi connectivity index (χ2v) is 7.03. The second-order valence-electron chi connectivity index (χ2n) is 7.03. The van der Waals surface area contributed by atoms with E-state index in [2.05, 4.69) is 6.92 Å². The molecule has 0 N–H and O–H groups in total. The Hall–Kier alpha value is -0.610. The van der Waals surface area contributed by atoms with Crippen LogP contribution in [-0.2, 0) is 4.79 Å². The molecule has 122 valence electrons. The molecule has 0 aromatic heterocycles. The smallest absolute Gasteiger partial charge is 0.299 e. The van der Waals surface area contributed by atoms with Crippen LogP contribution in [0.25, 0.3) is 0 Å². The zero-order valence-corrected chi connectivity index (χ0v) is 12.6. The van der Waals surface area contributed by atoms with Gasteiger partial charge in [-0.2, -0.15) is 13.2 Å². The van der Waals surface area contributed by atoms with Crippen molar-refractivity contribution in [3.63, 3.8) is 0 Å². The number of Topliss-reactive ketones (excluding diaryl/α,β-unsaturated/α-hetero) is 1. The van der Waals surface area contributed by atoms with Gasteiger partial charge in [0.15, 0.2) is 0 Å². The molecule has 0 aliphatic heterocycles. The van der Waals surface area contributed by atoms with Crippen LogP contribution in [-0.4, -0.2) is 18.1 Å². The summed E-state index contributed by atoms with van der Waals surface area (Å²) in [4.78, 5) is 12.5. The molecule has 0 radical (unpaired) electrons. The highest BCUT2D eigenvalue weighted by atomic mass is 19.4. The van der Waals surface area contributed by atoms with Crippen molar-refractivity contribution < 1.29 is 22.4 Å². The Morgan fingerprint density at radius 3 is 2.05 bits per heavy atom. The molecule has 2 aliphatic carbocycles. The Labute approximate surface area is 123 Å². The molecule has 4 unspecified atom stereocenters. The Morgan fingerprint density at radius 1 is 0.952 bits per heavy atom. The third kappa shape index (κ3) is 3.59. The Balaban J connectivity index is 2.14. The van der Waals surface area contributed by atoms with Gasteiger partial charge in [-0.3, -0.25) is 4.79 Å². The average Bonchev–Trinajstić information content (AvgIpc) is 2.40. The van der Waals surface area contributed by atoms with E-state index in [1.807, 2.05) is 0 Å². The molecule has 0 amide bonds. The Morgan fingerprint density at radius 2 is 1.52 bits per heavy atom. The van der Waals surface area contributed by atoms with Gasteiger partial charge in [0.05, 0.1) is 5.92 Å². The molecular formula is C16H24F4O. The lowest BCUT2D eigenvalue weighted by atomic mass is 9.67. The van der Waals surface area contributed by atoms with Crippen LogP contribution in [0.1, 0.15) is 52.4 Å². The number of halogens is 4. The number of alkyl halides is 4. The third-order valence-corrected chi connectivity index (χ3v) is 5.41. The fourth-order valence-electron chi connectivity index (χ4n) is 3.93. The second kappa shape index (κ2) is 6.25. The first-order valence-electron chi connectivity index (χ1n) is 7.96. The van der Waals surface area contributed by atoms with Gasteiger partial charge < -0.3 is 0 Å². The molecule has 2 rings (SSSR count). The summed E-state index contributed by atoms with van der Waals surface area (Å²) >= 11 is 0. The molecule has 2 aliphatic rings. The van der Waals surface area contributed by atoms with E-state index in [-0.39, 0.29) is 18.1 Å². The van der Waals surface area contributed by atoms with Crippen LogP contribution in [0.4, 0.5) is 17.6 Å². The first kappa shape index (κ1) is 16.8. The summed E-state index contributed by atoms with van der Waals surface area (Å²) in [6, 6.07) is 0. The normalized spacial score (nSPS) is 41.8. The molecule has 2 saturated carbocycles. The maximum Gasteiger partial charge on any atom is 0.395 e. The lowest BCUT2D eigenvalue weighted by Gasteiger charge is -2.40. The number of hydrogen-bond donors (Lipinski definition) is 0. The van der Waals surface area contributed by atoms with Gasteiger partial charge >= 0.3 is 6.18 Å². The van der Waals surface area contributed by atoms with Crippen LogP contribution in [0.5, 0.6) is 0 Å². The van der Waals surface area contributed by atoms with Crippen molar-refractivity contribution in [2.24, 2.45) is 29.6 Å². The van der Waals surface area contributed by atoms with Gasteiger partial charge in [-0.05, 0) is 37.5 Å². The summed E-state index contributed by atoms with van der Waals surface area (Å²) in [6.45, 7) is 3.60. The lowest BCUT2D eigenvalue weighted by molar-refractivity contribution is -0.220. The average molecular weight is 308 g/mol. The summed E-state index contributed by atoms with van der Waals surface area (Å²) in [5.41, 5.74) is 0. The molecule has 2 fully saturated rings. The monoisotopic (exact) mass is 308 g/mol. The van der Waals surface area contributed by atoms with E-state index in [1.165, 1.54) is 6.92 Å². The molecule has 0 aromatic carbocycles. The van der Waals surface area contributed by atoms with E-state index in [1.54, 1.807) is 0 Å². The van der Waals surface area contributed by atoms with Crippen LogP contribution in [0, 0.1) is 29.6 Å². The van der Waals surface area contributed by atoms with Crippen LogP contribution < -0.4 is 0 Å². The minimum atomic E-state index is -4.63. The number of rotatable bonds is 2. The summed E-state index contributed by atoms with van der Waals surface area (Å²) < 4.78 is 53.7. The quantitative estimate of drug-likeness (QED) is 0.660. The van der Waals surface area contributed by atoms with E-state index in [4.69, 9.17) is 0 Å². The van der Waals surface area contributed by atoms with Crippen LogP contribution in [0.3, 0.4) is 0 Å². The highest BCUT2D eigenvalue weighted by Crippen LogP contribution is 2.47. The van der Waals surface area contributed by atoms with Crippen molar-refractivity contribution in [3.05, 3.63) is 0 Å². The van der Waals surface area contributed by atoms with E-state index >= 15 is 0 Å². The highest BCUT2D eigenvalue weighted by Gasteiger charge is 2.55. The molecule has 0 saturated heterocycles. The van der Waals surface area contributed by atoms with E-state index in [0.717, 1.165) is 12.8 Å². The molecular weight excluding hydrogens is 284 g/mol. The lowest BCUT2D eigenvalue weighted by Crippen LogP contribution is -2.48. The molecule has 4 atom stereocenters.